The summed E-state index contributed by atoms with van der Waals surface area (Å²) in [6.07, 6.45) is 5.49. The van der Waals surface area contributed by atoms with Crippen LogP contribution >= 0.6 is 0 Å². The summed E-state index contributed by atoms with van der Waals surface area (Å²) in [5.74, 6) is -0.322. The molecule has 1 aromatic rings. The Morgan fingerprint density at radius 1 is 1.29 bits per heavy atom. The van der Waals surface area contributed by atoms with E-state index in [0.717, 1.165) is 12.8 Å². The number of benzene rings is 1. The van der Waals surface area contributed by atoms with Gasteiger partial charge in [-0.1, -0.05) is 44.1 Å². The van der Waals surface area contributed by atoms with E-state index >= 15 is 0 Å². The van der Waals surface area contributed by atoms with Crippen LogP contribution in [0.25, 0.3) is 0 Å². The summed E-state index contributed by atoms with van der Waals surface area (Å²) in [6.45, 7) is 1.93. The highest BCUT2D eigenvalue weighted by Crippen LogP contribution is 2.28. The van der Waals surface area contributed by atoms with Crippen molar-refractivity contribution in [1.29, 1.82) is 0 Å². The van der Waals surface area contributed by atoms with Gasteiger partial charge < -0.3 is 10.2 Å². The fourth-order valence-corrected chi connectivity index (χ4v) is 1.76. The Morgan fingerprint density at radius 3 is 2.47 bits per heavy atom. The topological polar surface area (TPSA) is 40.5 Å². The average molecular weight is 238 g/mol. The molecule has 3 heteroatoms. The average Bonchev–Trinajstić information content (AvgIpc) is 2.34. The van der Waals surface area contributed by atoms with Crippen LogP contribution in [0.3, 0.4) is 0 Å². The third-order valence-corrected chi connectivity index (χ3v) is 2.75. The molecular formula is C14H19FO2. The van der Waals surface area contributed by atoms with Crippen molar-refractivity contribution in [2.24, 2.45) is 0 Å². The molecule has 0 saturated heterocycles. The van der Waals surface area contributed by atoms with Crippen LogP contribution in [0.1, 0.15) is 31.7 Å². The van der Waals surface area contributed by atoms with E-state index in [2.05, 4.69) is 0 Å². The molecule has 1 atom stereocenters. The van der Waals surface area contributed by atoms with Crippen LogP contribution in [0.2, 0.25) is 0 Å². The van der Waals surface area contributed by atoms with E-state index < -0.39 is 5.60 Å². The molecule has 0 aliphatic rings. The number of aliphatic hydroxyl groups excluding tert-OH is 1. The van der Waals surface area contributed by atoms with Crippen LogP contribution in [0.15, 0.2) is 36.4 Å². The molecule has 1 rings (SSSR count). The normalized spacial score (nSPS) is 15.1. The molecule has 94 valence electrons. The minimum Gasteiger partial charge on any atom is -0.392 e. The Balaban J connectivity index is 2.95. The lowest BCUT2D eigenvalue weighted by Crippen LogP contribution is -2.23. The minimum atomic E-state index is -1.12. The van der Waals surface area contributed by atoms with E-state index in [1.54, 1.807) is 18.2 Å². The van der Waals surface area contributed by atoms with Crippen LogP contribution in [0.5, 0.6) is 0 Å². The number of rotatable bonds is 6. The number of unbranched alkanes of at least 4 members (excludes halogenated alkanes) is 1. The molecule has 2 nitrogen and oxygen atoms in total. The maximum Gasteiger partial charge on any atom is 0.123 e. The van der Waals surface area contributed by atoms with Gasteiger partial charge in [0.2, 0.25) is 0 Å². The number of hydrogen-bond acceptors (Lipinski definition) is 2. The summed E-state index contributed by atoms with van der Waals surface area (Å²) < 4.78 is 12.8. The molecule has 0 bridgehead atoms. The lowest BCUT2D eigenvalue weighted by molar-refractivity contribution is 0.0761. The smallest absolute Gasteiger partial charge is 0.123 e. The third-order valence-electron chi connectivity index (χ3n) is 2.75. The molecule has 0 aromatic heterocycles. The Labute approximate surface area is 101 Å². The van der Waals surface area contributed by atoms with Crippen molar-refractivity contribution < 1.29 is 14.6 Å². The van der Waals surface area contributed by atoms with E-state index in [9.17, 15) is 9.50 Å². The van der Waals surface area contributed by atoms with Crippen molar-refractivity contribution in [3.05, 3.63) is 47.8 Å². The van der Waals surface area contributed by atoms with Gasteiger partial charge in [-0.15, -0.1) is 0 Å². The summed E-state index contributed by atoms with van der Waals surface area (Å²) in [6, 6.07) is 5.82. The second-order valence-corrected chi connectivity index (χ2v) is 4.12. The lowest BCUT2D eigenvalue weighted by atomic mass is 9.88. The summed E-state index contributed by atoms with van der Waals surface area (Å²) in [4.78, 5) is 0. The van der Waals surface area contributed by atoms with Gasteiger partial charge in [0, 0.05) is 0 Å². The maximum absolute atomic E-state index is 12.8. The first-order valence-electron chi connectivity index (χ1n) is 5.89. The van der Waals surface area contributed by atoms with Crippen LogP contribution in [0.4, 0.5) is 4.39 Å². The zero-order valence-corrected chi connectivity index (χ0v) is 10.1. The predicted molar refractivity (Wildman–Crippen MR) is 66.0 cm³/mol. The summed E-state index contributed by atoms with van der Waals surface area (Å²) in [5.41, 5.74) is -0.469. The highest BCUT2D eigenvalue weighted by Gasteiger charge is 2.25. The first-order chi connectivity index (χ1) is 8.12. The van der Waals surface area contributed by atoms with Gasteiger partial charge in [0.05, 0.1) is 6.61 Å². The third kappa shape index (κ3) is 3.95. The van der Waals surface area contributed by atoms with Gasteiger partial charge in [0.25, 0.3) is 0 Å². The Kier molecular flexibility index (Phi) is 5.32. The minimum absolute atomic E-state index is 0.115. The fourth-order valence-electron chi connectivity index (χ4n) is 1.76. The molecule has 2 N–H and O–H groups in total. The van der Waals surface area contributed by atoms with Crippen molar-refractivity contribution in [1.82, 2.24) is 0 Å². The largest absolute Gasteiger partial charge is 0.392 e. The second kappa shape index (κ2) is 6.52. The van der Waals surface area contributed by atoms with Crippen LogP contribution in [0, 0.1) is 5.82 Å². The van der Waals surface area contributed by atoms with E-state index in [0.29, 0.717) is 12.0 Å². The Morgan fingerprint density at radius 2 is 1.94 bits per heavy atom. The summed E-state index contributed by atoms with van der Waals surface area (Å²) in [7, 11) is 0. The maximum atomic E-state index is 12.8. The first kappa shape index (κ1) is 13.9. The highest BCUT2D eigenvalue weighted by molar-refractivity contribution is 5.27. The van der Waals surface area contributed by atoms with Crippen LogP contribution < -0.4 is 0 Å². The number of aliphatic hydroxyl groups is 2. The molecule has 0 fully saturated rings. The molecular weight excluding hydrogens is 219 g/mol. The summed E-state index contributed by atoms with van der Waals surface area (Å²) in [5, 5.41) is 19.3. The van der Waals surface area contributed by atoms with Crippen molar-refractivity contribution in [2.75, 3.05) is 6.61 Å². The molecule has 1 aromatic carbocycles. The van der Waals surface area contributed by atoms with Gasteiger partial charge >= 0.3 is 0 Å². The molecule has 1 unspecified atom stereocenters. The highest BCUT2D eigenvalue weighted by atomic mass is 19.1. The van der Waals surface area contributed by atoms with Gasteiger partial charge in [0.15, 0.2) is 0 Å². The van der Waals surface area contributed by atoms with Gasteiger partial charge in [-0.05, 0) is 24.1 Å². The molecule has 0 spiro atoms. The van der Waals surface area contributed by atoms with Gasteiger partial charge in [-0.2, -0.15) is 0 Å². The molecule has 0 heterocycles. The lowest BCUT2D eigenvalue weighted by Gasteiger charge is -2.25. The number of hydrogen-bond donors (Lipinski definition) is 2. The van der Waals surface area contributed by atoms with Crippen LogP contribution in [-0.4, -0.2) is 16.8 Å². The van der Waals surface area contributed by atoms with Crippen molar-refractivity contribution in [3.63, 3.8) is 0 Å². The second-order valence-electron chi connectivity index (χ2n) is 4.12. The summed E-state index contributed by atoms with van der Waals surface area (Å²) >= 11 is 0. The van der Waals surface area contributed by atoms with Crippen molar-refractivity contribution >= 4 is 0 Å². The quantitative estimate of drug-likeness (QED) is 0.748. The first-order valence-corrected chi connectivity index (χ1v) is 5.89. The van der Waals surface area contributed by atoms with E-state index in [1.807, 2.05) is 6.92 Å². The van der Waals surface area contributed by atoms with Gasteiger partial charge in [0.1, 0.15) is 11.4 Å². The Hall–Kier alpha value is -1.19. The molecule has 0 radical (unpaired) electrons. The van der Waals surface area contributed by atoms with E-state index in [1.165, 1.54) is 18.2 Å². The van der Waals surface area contributed by atoms with Crippen molar-refractivity contribution in [2.45, 2.75) is 31.8 Å². The van der Waals surface area contributed by atoms with Gasteiger partial charge in [-0.3, -0.25) is 0 Å². The number of halogens is 1. The van der Waals surface area contributed by atoms with E-state index in [-0.39, 0.29) is 12.4 Å². The molecule has 0 aliphatic carbocycles. The molecule has 17 heavy (non-hydrogen) atoms. The van der Waals surface area contributed by atoms with Crippen LogP contribution in [-0.2, 0) is 5.60 Å². The Bertz CT molecular complexity index is 359. The monoisotopic (exact) mass is 238 g/mol. The molecule has 0 amide bonds. The molecule has 0 saturated carbocycles. The zero-order valence-electron chi connectivity index (χ0n) is 10.1. The zero-order chi connectivity index (χ0) is 12.7. The van der Waals surface area contributed by atoms with Crippen molar-refractivity contribution in [3.8, 4) is 0 Å². The van der Waals surface area contributed by atoms with Gasteiger partial charge in [-0.25, -0.2) is 4.39 Å². The van der Waals surface area contributed by atoms with E-state index in [4.69, 9.17) is 5.11 Å². The standard InChI is InChI=1S/C14H19FO2/c1-2-3-9-14(17,10-4-11-16)12-5-7-13(15)8-6-12/h4-8,10,16-17H,2-3,9,11H2,1H3/b10-4-. The molecule has 0 aliphatic heterocycles. The predicted octanol–water partition coefficient (Wildman–Crippen LogP) is 2.75. The fraction of sp³-hybridized carbons (Fsp3) is 0.429. The SMILES string of the molecule is CCCCC(O)(/C=C\CO)c1ccc(F)cc1.